The number of methoxy groups -OCH3 is 1. The number of hydrogen-bond donors (Lipinski definition) is 0. The van der Waals surface area contributed by atoms with Gasteiger partial charge in [-0.2, -0.15) is 5.10 Å². The summed E-state index contributed by atoms with van der Waals surface area (Å²) in [6.45, 7) is 9.50. The zero-order valence-electron chi connectivity index (χ0n) is 19.7. The number of nitrogens with zero attached hydrogens (tertiary/aromatic N) is 7. The summed E-state index contributed by atoms with van der Waals surface area (Å²) in [5, 5.41) is 5.32. The lowest BCUT2D eigenvalue weighted by molar-refractivity contribution is 0.323. The van der Waals surface area contributed by atoms with Gasteiger partial charge in [-0.1, -0.05) is 0 Å². The molecular weight excluding hydrogens is 445 g/mol. The van der Waals surface area contributed by atoms with Gasteiger partial charge in [0.05, 0.1) is 18.8 Å². The van der Waals surface area contributed by atoms with Crippen molar-refractivity contribution in [1.29, 1.82) is 0 Å². The summed E-state index contributed by atoms with van der Waals surface area (Å²) < 4.78 is 21.1. The number of benzene rings is 1. The van der Waals surface area contributed by atoms with Crippen LogP contribution in [0, 0.1) is 5.82 Å². The molecule has 0 N–H and O–H groups in total. The normalized spacial score (nSPS) is 14.4. The summed E-state index contributed by atoms with van der Waals surface area (Å²) >= 11 is 0. The third-order valence-electron chi connectivity index (χ3n) is 6.34. The smallest absolute Gasteiger partial charge is 0.167 e. The highest BCUT2D eigenvalue weighted by Gasteiger charge is 2.19. The first kappa shape index (κ1) is 22.5. The van der Waals surface area contributed by atoms with E-state index in [-0.39, 0.29) is 5.75 Å². The van der Waals surface area contributed by atoms with E-state index in [1.165, 1.54) is 18.9 Å². The first-order valence-corrected chi connectivity index (χ1v) is 11.3. The molecule has 0 unspecified atom stereocenters. The number of fused-ring (bicyclic) bond motifs is 1. The van der Waals surface area contributed by atoms with Crippen molar-refractivity contribution in [3.63, 3.8) is 0 Å². The van der Waals surface area contributed by atoms with Crippen LogP contribution in [-0.2, 0) is 0 Å². The fraction of sp³-hybridized carbons (Fsp3) is 0.231. The second kappa shape index (κ2) is 9.54. The summed E-state index contributed by atoms with van der Waals surface area (Å²) in [6, 6.07) is 8.97. The molecule has 1 aliphatic rings. The largest absolute Gasteiger partial charge is 0.494 e. The minimum atomic E-state index is -0.454. The molecule has 1 aliphatic heterocycles. The van der Waals surface area contributed by atoms with Crippen molar-refractivity contribution in [2.45, 2.75) is 6.92 Å². The summed E-state index contributed by atoms with van der Waals surface area (Å²) in [4.78, 5) is 17.4. The van der Waals surface area contributed by atoms with Gasteiger partial charge in [-0.25, -0.2) is 14.1 Å². The van der Waals surface area contributed by atoms with E-state index in [0.29, 0.717) is 11.3 Å². The van der Waals surface area contributed by atoms with Crippen molar-refractivity contribution >= 4 is 35.3 Å². The minimum absolute atomic E-state index is 0.161. The van der Waals surface area contributed by atoms with Crippen LogP contribution in [0.1, 0.15) is 6.92 Å². The fourth-order valence-corrected chi connectivity index (χ4v) is 4.47. The number of anilines is 1. The molecule has 0 radical (unpaired) electrons. The van der Waals surface area contributed by atoms with Crippen molar-refractivity contribution in [1.82, 2.24) is 24.6 Å². The Balaban J connectivity index is 1.42. The maximum atomic E-state index is 14.2. The van der Waals surface area contributed by atoms with E-state index in [0.717, 1.165) is 48.4 Å². The molecule has 0 spiro atoms. The van der Waals surface area contributed by atoms with E-state index in [2.05, 4.69) is 43.5 Å². The number of hydrogen-bond acceptors (Lipinski definition) is 7. The molecule has 178 valence electrons. The fourth-order valence-electron chi connectivity index (χ4n) is 4.47. The second-order valence-corrected chi connectivity index (χ2v) is 8.30. The predicted octanol–water partition coefficient (Wildman–Crippen LogP) is 4.61. The maximum absolute atomic E-state index is 14.2. The van der Waals surface area contributed by atoms with Gasteiger partial charge in [0.25, 0.3) is 0 Å². The standard InChI is InChI=1S/C26H26FN7O/c1-18(32-10-12-33(13-11-32)19-4-7-29-8-5-19)17-34-26(28-2)22(16-31-34)20-6-9-30-24-15-23(27)25(35-3)14-21(20)24/h4-9,14-17H,2,10-13H2,1,3H3/b18-17+. The lowest BCUT2D eigenvalue weighted by atomic mass is 10.0. The third-order valence-corrected chi connectivity index (χ3v) is 6.34. The Labute approximate surface area is 203 Å². The molecular formula is C26H26FN7O. The molecule has 0 aliphatic carbocycles. The topological polar surface area (TPSA) is 71.7 Å². The van der Waals surface area contributed by atoms with Crippen molar-refractivity contribution in [3.05, 3.63) is 66.6 Å². The molecule has 4 aromatic rings. The average Bonchev–Trinajstić information content (AvgIpc) is 3.30. The number of rotatable bonds is 6. The summed E-state index contributed by atoms with van der Waals surface area (Å²) in [5.74, 6) is 0.314. The third kappa shape index (κ3) is 4.32. The number of aliphatic imine (C=N–C) groups is 1. The molecule has 8 nitrogen and oxygen atoms in total. The molecule has 1 fully saturated rings. The summed E-state index contributed by atoms with van der Waals surface area (Å²) in [7, 11) is 1.44. The minimum Gasteiger partial charge on any atom is -0.494 e. The predicted molar refractivity (Wildman–Crippen MR) is 137 cm³/mol. The number of pyridine rings is 2. The van der Waals surface area contributed by atoms with Gasteiger partial charge in [-0.15, -0.1) is 0 Å². The van der Waals surface area contributed by atoms with Gasteiger partial charge in [0.15, 0.2) is 17.4 Å². The van der Waals surface area contributed by atoms with Gasteiger partial charge in [0, 0.05) is 79.4 Å². The second-order valence-electron chi connectivity index (χ2n) is 8.30. The van der Waals surface area contributed by atoms with Gasteiger partial charge < -0.3 is 14.5 Å². The lowest BCUT2D eigenvalue weighted by Gasteiger charge is -2.37. The van der Waals surface area contributed by atoms with E-state index < -0.39 is 5.82 Å². The van der Waals surface area contributed by atoms with Gasteiger partial charge >= 0.3 is 0 Å². The monoisotopic (exact) mass is 471 g/mol. The SMILES string of the molecule is C=Nc1c(-c2ccnc3cc(F)c(OC)cc23)cnn1/C=C(\C)N1CCN(c2ccncc2)CC1. The highest BCUT2D eigenvalue weighted by Crippen LogP contribution is 2.37. The Morgan fingerprint density at radius 1 is 1.09 bits per heavy atom. The van der Waals surface area contributed by atoms with Crippen LogP contribution < -0.4 is 9.64 Å². The van der Waals surface area contributed by atoms with Crippen LogP contribution in [0.2, 0.25) is 0 Å². The molecule has 5 rings (SSSR count). The number of halogens is 1. The van der Waals surface area contributed by atoms with E-state index in [1.807, 2.05) is 36.8 Å². The number of aromatic nitrogens is 4. The van der Waals surface area contributed by atoms with Crippen molar-refractivity contribution in [3.8, 4) is 16.9 Å². The van der Waals surface area contributed by atoms with Crippen LogP contribution in [0.4, 0.5) is 15.9 Å². The molecule has 1 saturated heterocycles. The zero-order chi connectivity index (χ0) is 24.4. The van der Waals surface area contributed by atoms with Gasteiger partial charge in [-0.05, 0) is 43.5 Å². The summed E-state index contributed by atoms with van der Waals surface area (Å²) in [6.07, 6.45) is 9.02. The first-order valence-electron chi connectivity index (χ1n) is 11.3. The zero-order valence-corrected chi connectivity index (χ0v) is 19.7. The Morgan fingerprint density at radius 3 is 2.57 bits per heavy atom. The van der Waals surface area contributed by atoms with Crippen LogP contribution in [0.3, 0.4) is 0 Å². The van der Waals surface area contributed by atoms with Crippen LogP contribution in [-0.4, -0.2) is 64.7 Å². The molecule has 3 aromatic heterocycles. The quantitative estimate of drug-likeness (QED) is 0.383. The maximum Gasteiger partial charge on any atom is 0.167 e. The van der Waals surface area contributed by atoms with E-state index in [4.69, 9.17) is 4.74 Å². The number of piperazine rings is 1. The van der Waals surface area contributed by atoms with Gasteiger partial charge in [0.1, 0.15) is 0 Å². The Kier molecular flexibility index (Phi) is 6.13. The number of allylic oxidation sites excluding steroid dienone is 1. The Morgan fingerprint density at radius 2 is 1.86 bits per heavy atom. The van der Waals surface area contributed by atoms with Crippen LogP contribution in [0.5, 0.6) is 5.75 Å². The van der Waals surface area contributed by atoms with Crippen LogP contribution >= 0.6 is 0 Å². The lowest BCUT2D eigenvalue weighted by Crippen LogP contribution is -2.45. The van der Waals surface area contributed by atoms with E-state index >= 15 is 0 Å². The Bertz CT molecular complexity index is 1390. The Hall–Kier alpha value is -4.27. The molecule has 0 bridgehead atoms. The molecule has 1 aromatic carbocycles. The first-order chi connectivity index (χ1) is 17.1. The molecule has 0 saturated carbocycles. The van der Waals surface area contributed by atoms with Gasteiger partial charge in [0.2, 0.25) is 0 Å². The molecule has 9 heteroatoms. The average molecular weight is 472 g/mol. The van der Waals surface area contributed by atoms with E-state index in [1.54, 1.807) is 23.1 Å². The number of ether oxygens (including phenoxy) is 1. The molecule has 4 heterocycles. The van der Waals surface area contributed by atoms with Crippen LogP contribution in [0.25, 0.3) is 28.2 Å². The van der Waals surface area contributed by atoms with Crippen molar-refractivity contribution in [2.24, 2.45) is 4.99 Å². The molecule has 0 amide bonds. The van der Waals surface area contributed by atoms with E-state index in [9.17, 15) is 4.39 Å². The highest BCUT2D eigenvalue weighted by molar-refractivity contribution is 5.97. The molecule has 0 atom stereocenters. The van der Waals surface area contributed by atoms with Crippen molar-refractivity contribution in [2.75, 3.05) is 38.2 Å². The molecule has 35 heavy (non-hydrogen) atoms. The van der Waals surface area contributed by atoms with Gasteiger partial charge in [-0.3, -0.25) is 9.97 Å². The summed E-state index contributed by atoms with van der Waals surface area (Å²) in [5.41, 5.74) is 4.42. The van der Waals surface area contributed by atoms with Crippen LogP contribution in [0.15, 0.2) is 65.8 Å². The van der Waals surface area contributed by atoms with Crippen molar-refractivity contribution < 1.29 is 9.13 Å². The highest BCUT2D eigenvalue weighted by atomic mass is 19.1.